The number of carbonyl (C=O) groups excluding carboxylic acids is 1. The molecule has 0 unspecified atom stereocenters. The average Bonchev–Trinajstić information content (AvgIpc) is 3.15. The minimum atomic E-state index is 0.0184. The third-order valence-electron chi connectivity index (χ3n) is 3.40. The van der Waals surface area contributed by atoms with E-state index in [4.69, 9.17) is 9.15 Å². The van der Waals surface area contributed by atoms with Gasteiger partial charge in [0.15, 0.2) is 11.3 Å². The van der Waals surface area contributed by atoms with Crippen molar-refractivity contribution < 1.29 is 13.9 Å². The fraction of sp³-hybridized carbons (Fsp3) is 0.400. The van der Waals surface area contributed by atoms with Gasteiger partial charge in [-0.15, -0.1) is 0 Å². The van der Waals surface area contributed by atoms with Gasteiger partial charge in [0.2, 0.25) is 5.91 Å². The molecule has 0 saturated heterocycles. The first-order valence-electron chi connectivity index (χ1n) is 6.58. The number of hydrogen-bond acceptors (Lipinski definition) is 3. The Morgan fingerprint density at radius 3 is 3.05 bits per heavy atom. The van der Waals surface area contributed by atoms with Crippen molar-refractivity contribution in [1.82, 2.24) is 5.32 Å². The maximum atomic E-state index is 11.8. The number of benzene rings is 1. The molecule has 0 spiro atoms. The number of nitrogens with one attached hydrogen (secondary N) is 1. The second-order valence-corrected chi connectivity index (χ2v) is 5.02. The molecule has 1 heterocycles. The van der Waals surface area contributed by atoms with Crippen LogP contribution in [0.3, 0.4) is 0 Å². The molecule has 3 rings (SSSR count). The molecule has 4 nitrogen and oxygen atoms in total. The predicted molar refractivity (Wildman–Crippen MR) is 72.2 cm³/mol. The second kappa shape index (κ2) is 4.96. The van der Waals surface area contributed by atoms with Crippen LogP contribution < -0.4 is 10.1 Å². The summed E-state index contributed by atoms with van der Waals surface area (Å²) in [5, 5.41) is 3.90. The molecule has 1 fully saturated rings. The third kappa shape index (κ3) is 2.72. The second-order valence-electron chi connectivity index (χ2n) is 5.02. The molecule has 0 aliphatic heterocycles. The Morgan fingerprint density at radius 1 is 1.47 bits per heavy atom. The monoisotopic (exact) mass is 259 g/mol. The summed E-state index contributed by atoms with van der Waals surface area (Å²) in [4.78, 5) is 11.8. The molecule has 1 saturated carbocycles. The van der Waals surface area contributed by atoms with Crippen LogP contribution in [0.4, 0.5) is 0 Å². The van der Waals surface area contributed by atoms with E-state index >= 15 is 0 Å². The number of furan rings is 1. The van der Waals surface area contributed by atoms with Crippen molar-refractivity contribution in [3.05, 3.63) is 30.0 Å². The third-order valence-corrected chi connectivity index (χ3v) is 3.40. The Hall–Kier alpha value is -1.97. The quantitative estimate of drug-likeness (QED) is 0.897. The van der Waals surface area contributed by atoms with Crippen molar-refractivity contribution in [3.63, 3.8) is 0 Å². The zero-order chi connectivity index (χ0) is 13.2. The van der Waals surface area contributed by atoms with Gasteiger partial charge >= 0.3 is 0 Å². The predicted octanol–water partition coefficient (Wildman–Crippen LogP) is 2.51. The Kier molecular flexibility index (Phi) is 3.15. The molecule has 0 radical (unpaired) electrons. The summed E-state index contributed by atoms with van der Waals surface area (Å²) in [5.74, 6) is 2.08. The van der Waals surface area contributed by atoms with E-state index in [0.29, 0.717) is 23.0 Å². The highest BCUT2D eigenvalue weighted by Crippen LogP contribution is 2.29. The molecule has 19 heavy (non-hydrogen) atoms. The van der Waals surface area contributed by atoms with Crippen LogP contribution in [0.25, 0.3) is 11.0 Å². The Bertz CT molecular complexity index is 598. The fourth-order valence-electron chi connectivity index (χ4n) is 2.14. The summed E-state index contributed by atoms with van der Waals surface area (Å²) >= 11 is 0. The normalized spacial score (nSPS) is 14.6. The Balaban J connectivity index is 1.71. The van der Waals surface area contributed by atoms with Crippen molar-refractivity contribution >= 4 is 16.9 Å². The fourth-order valence-corrected chi connectivity index (χ4v) is 2.14. The lowest BCUT2D eigenvalue weighted by molar-refractivity contribution is -0.120. The molecule has 1 aromatic heterocycles. The lowest BCUT2D eigenvalue weighted by Crippen LogP contribution is -2.26. The van der Waals surface area contributed by atoms with E-state index in [1.54, 1.807) is 7.11 Å². The van der Waals surface area contributed by atoms with Gasteiger partial charge in [-0.2, -0.15) is 0 Å². The standard InChI is InChI=1S/C15H17NO3/c1-18-13-4-2-3-11-7-12(19-15(11)13)8-14(17)16-9-10-5-6-10/h2-4,7,10H,5-6,8-9H2,1H3,(H,16,17). The van der Waals surface area contributed by atoms with Crippen LogP contribution in [-0.2, 0) is 11.2 Å². The molecular formula is C15H17NO3. The molecule has 1 aromatic carbocycles. The number of methoxy groups -OCH3 is 1. The molecule has 4 heteroatoms. The largest absolute Gasteiger partial charge is 0.493 e. The van der Waals surface area contributed by atoms with E-state index in [9.17, 15) is 4.79 Å². The molecule has 1 N–H and O–H groups in total. The van der Waals surface area contributed by atoms with Gasteiger partial charge in [0.25, 0.3) is 0 Å². The summed E-state index contributed by atoms with van der Waals surface area (Å²) in [6.45, 7) is 0.794. The van der Waals surface area contributed by atoms with Gasteiger partial charge in [-0.1, -0.05) is 12.1 Å². The zero-order valence-electron chi connectivity index (χ0n) is 10.9. The summed E-state index contributed by atoms with van der Waals surface area (Å²) in [6.07, 6.45) is 2.76. The van der Waals surface area contributed by atoms with Gasteiger partial charge in [-0.3, -0.25) is 4.79 Å². The van der Waals surface area contributed by atoms with Crippen molar-refractivity contribution in [3.8, 4) is 5.75 Å². The Morgan fingerprint density at radius 2 is 2.32 bits per heavy atom. The van der Waals surface area contributed by atoms with Crippen LogP contribution in [0.5, 0.6) is 5.75 Å². The number of carbonyl (C=O) groups is 1. The van der Waals surface area contributed by atoms with Crippen LogP contribution in [0.15, 0.2) is 28.7 Å². The van der Waals surface area contributed by atoms with Gasteiger partial charge in [-0.25, -0.2) is 0 Å². The van der Waals surface area contributed by atoms with Crippen molar-refractivity contribution in [1.29, 1.82) is 0 Å². The number of amides is 1. The number of hydrogen-bond donors (Lipinski definition) is 1. The minimum Gasteiger partial charge on any atom is -0.493 e. The van der Waals surface area contributed by atoms with Gasteiger partial charge < -0.3 is 14.5 Å². The van der Waals surface area contributed by atoms with Crippen LogP contribution in [0, 0.1) is 5.92 Å². The summed E-state index contributed by atoms with van der Waals surface area (Å²) in [7, 11) is 1.61. The lowest BCUT2D eigenvalue weighted by atomic mass is 10.2. The van der Waals surface area contributed by atoms with E-state index in [1.807, 2.05) is 24.3 Å². The molecular weight excluding hydrogens is 242 g/mol. The van der Waals surface area contributed by atoms with E-state index in [1.165, 1.54) is 12.8 Å². The van der Waals surface area contributed by atoms with Crippen molar-refractivity contribution in [2.45, 2.75) is 19.3 Å². The zero-order valence-corrected chi connectivity index (χ0v) is 10.9. The summed E-state index contributed by atoms with van der Waals surface area (Å²) in [5.41, 5.74) is 0.704. The van der Waals surface area contributed by atoms with Crippen LogP contribution in [0.2, 0.25) is 0 Å². The SMILES string of the molecule is COc1cccc2cc(CC(=O)NCC3CC3)oc12. The Labute approximate surface area is 111 Å². The van der Waals surface area contributed by atoms with Crippen molar-refractivity contribution in [2.75, 3.05) is 13.7 Å². The molecule has 1 aliphatic carbocycles. The number of fused-ring (bicyclic) bond motifs is 1. The first-order chi connectivity index (χ1) is 9.26. The molecule has 2 aromatic rings. The highest BCUT2D eigenvalue weighted by atomic mass is 16.5. The van der Waals surface area contributed by atoms with Gasteiger partial charge in [0, 0.05) is 11.9 Å². The minimum absolute atomic E-state index is 0.0184. The first-order valence-corrected chi connectivity index (χ1v) is 6.58. The smallest absolute Gasteiger partial charge is 0.227 e. The number of para-hydroxylation sites is 1. The van der Waals surface area contributed by atoms with Crippen LogP contribution in [0.1, 0.15) is 18.6 Å². The maximum absolute atomic E-state index is 11.8. The molecule has 0 atom stereocenters. The van der Waals surface area contributed by atoms with Gasteiger partial charge in [0.05, 0.1) is 13.5 Å². The van der Waals surface area contributed by atoms with E-state index < -0.39 is 0 Å². The topological polar surface area (TPSA) is 51.5 Å². The number of rotatable bonds is 5. The van der Waals surface area contributed by atoms with Crippen LogP contribution in [-0.4, -0.2) is 19.6 Å². The van der Waals surface area contributed by atoms with Gasteiger partial charge in [0.1, 0.15) is 5.76 Å². The summed E-state index contributed by atoms with van der Waals surface area (Å²) in [6, 6.07) is 7.61. The molecule has 100 valence electrons. The van der Waals surface area contributed by atoms with E-state index in [2.05, 4.69) is 5.32 Å². The highest BCUT2D eigenvalue weighted by molar-refractivity contribution is 5.85. The molecule has 1 amide bonds. The maximum Gasteiger partial charge on any atom is 0.227 e. The highest BCUT2D eigenvalue weighted by Gasteiger charge is 2.21. The average molecular weight is 259 g/mol. The van der Waals surface area contributed by atoms with E-state index in [0.717, 1.165) is 11.9 Å². The van der Waals surface area contributed by atoms with E-state index in [-0.39, 0.29) is 12.3 Å². The first kappa shape index (κ1) is 12.1. The molecule has 1 aliphatic rings. The van der Waals surface area contributed by atoms with Crippen molar-refractivity contribution in [2.24, 2.45) is 5.92 Å². The lowest BCUT2D eigenvalue weighted by Gasteiger charge is -2.01. The van der Waals surface area contributed by atoms with Gasteiger partial charge in [-0.05, 0) is 30.9 Å². The summed E-state index contributed by atoms with van der Waals surface area (Å²) < 4.78 is 10.9. The molecule has 0 bridgehead atoms. The van der Waals surface area contributed by atoms with Crippen LogP contribution >= 0.6 is 0 Å². The number of ether oxygens (including phenoxy) is 1.